The van der Waals surface area contributed by atoms with Crippen molar-refractivity contribution >= 4 is 46.2 Å². The molecule has 1 fully saturated rings. The number of thioether (sulfide) groups is 1. The van der Waals surface area contributed by atoms with Gasteiger partial charge in [-0.3, -0.25) is 14.2 Å². The van der Waals surface area contributed by atoms with Crippen molar-refractivity contribution in [2.75, 3.05) is 7.11 Å². The van der Waals surface area contributed by atoms with Crippen LogP contribution in [0.2, 0.25) is 5.02 Å². The molecule has 2 aromatic carbocycles. The van der Waals surface area contributed by atoms with Crippen LogP contribution in [0.3, 0.4) is 0 Å². The van der Waals surface area contributed by atoms with Crippen molar-refractivity contribution < 1.29 is 19.1 Å². The van der Waals surface area contributed by atoms with Crippen molar-refractivity contribution in [3.63, 3.8) is 0 Å². The molecule has 2 heterocycles. The molecular formula is C22H19ClN2O5S. The number of cyclic esters (lactones) is 1. The van der Waals surface area contributed by atoms with Crippen LogP contribution in [0.5, 0.6) is 0 Å². The molecule has 1 saturated heterocycles. The number of hydrogen-bond donors (Lipinski definition) is 0. The van der Waals surface area contributed by atoms with Gasteiger partial charge in [-0.2, -0.15) is 0 Å². The molecule has 2 atom stereocenters. The minimum Gasteiger partial charge on any atom is -0.465 e. The van der Waals surface area contributed by atoms with E-state index in [1.54, 1.807) is 12.1 Å². The first-order valence-electron chi connectivity index (χ1n) is 9.61. The van der Waals surface area contributed by atoms with Gasteiger partial charge in [0.1, 0.15) is 11.4 Å². The number of ether oxygens (including phenoxy) is 2. The molecule has 7 nitrogen and oxygen atoms in total. The Morgan fingerprint density at radius 1 is 1.29 bits per heavy atom. The molecule has 9 heteroatoms. The molecule has 0 N–H and O–H groups in total. The van der Waals surface area contributed by atoms with E-state index in [0.717, 1.165) is 5.56 Å². The molecule has 3 aromatic rings. The number of benzene rings is 2. The topological polar surface area (TPSA) is 87.5 Å². The fourth-order valence-electron chi connectivity index (χ4n) is 3.42. The minimum absolute atomic E-state index is 0.194. The van der Waals surface area contributed by atoms with Crippen LogP contribution < -0.4 is 5.56 Å². The van der Waals surface area contributed by atoms with E-state index in [1.165, 1.54) is 35.6 Å². The largest absolute Gasteiger partial charge is 0.465 e. The number of esters is 2. The predicted octanol–water partition coefficient (Wildman–Crippen LogP) is 3.68. The SMILES string of the molecule is COC(=O)c1ccc2c(=O)n(Cc3ccccc3Cl)c(S[C@H]3C[C@H](C)OC3=O)nc2c1. The lowest BCUT2D eigenvalue weighted by molar-refractivity contribution is -0.140. The first kappa shape index (κ1) is 21.4. The molecule has 31 heavy (non-hydrogen) atoms. The first-order chi connectivity index (χ1) is 14.9. The Labute approximate surface area is 187 Å². The Bertz CT molecular complexity index is 1240. The molecule has 160 valence electrons. The highest BCUT2D eigenvalue weighted by Gasteiger charge is 2.34. The van der Waals surface area contributed by atoms with Crippen LogP contribution in [0, 0.1) is 0 Å². The number of methoxy groups -OCH3 is 1. The summed E-state index contributed by atoms with van der Waals surface area (Å²) in [6.07, 6.45) is 0.325. The van der Waals surface area contributed by atoms with Gasteiger partial charge in [-0.15, -0.1) is 0 Å². The molecule has 0 unspecified atom stereocenters. The summed E-state index contributed by atoms with van der Waals surface area (Å²) in [6, 6.07) is 11.8. The maximum absolute atomic E-state index is 13.4. The van der Waals surface area contributed by atoms with Crippen LogP contribution in [0.25, 0.3) is 10.9 Å². The van der Waals surface area contributed by atoms with Crippen LogP contribution in [0.4, 0.5) is 0 Å². The third kappa shape index (κ3) is 4.31. The van der Waals surface area contributed by atoms with Crippen molar-refractivity contribution in [3.05, 3.63) is 69.0 Å². The van der Waals surface area contributed by atoms with E-state index >= 15 is 0 Å². The highest BCUT2D eigenvalue weighted by molar-refractivity contribution is 8.00. The quantitative estimate of drug-likeness (QED) is 0.425. The number of carbonyl (C=O) groups excluding carboxylic acids is 2. The van der Waals surface area contributed by atoms with Gasteiger partial charge in [0.2, 0.25) is 0 Å². The second kappa shape index (κ2) is 8.72. The normalized spacial score (nSPS) is 18.2. The maximum Gasteiger partial charge on any atom is 0.337 e. The molecule has 1 aliphatic rings. The lowest BCUT2D eigenvalue weighted by Gasteiger charge is -2.15. The Kier molecular flexibility index (Phi) is 6.02. The van der Waals surface area contributed by atoms with Crippen LogP contribution in [0.1, 0.15) is 29.3 Å². The van der Waals surface area contributed by atoms with E-state index in [-0.39, 0.29) is 29.7 Å². The summed E-state index contributed by atoms with van der Waals surface area (Å²) < 4.78 is 11.5. The molecule has 1 aromatic heterocycles. The summed E-state index contributed by atoms with van der Waals surface area (Å²) in [5.74, 6) is -0.856. The van der Waals surface area contributed by atoms with Gasteiger partial charge in [0, 0.05) is 11.4 Å². The van der Waals surface area contributed by atoms with Crippen LogP contribution in [-0.4, -0.2) is 40.0 Å². The summed E-state index contributed by atoms with van der Waals surface area (Å²) >= 11 is 7.50. The average Bonchev–Trinajstić information content (AvgIpc) is 3.07. The van der Waals surface area contributed by atoms with Crippen LogP contribution in [0.15, 0.2) is 52.4 Å². The fraction of sp³-hybridized carbons (Fsp3) is 0.273. The molecule has 0 bridgehead atoms. The number of halogens is 1. The van der Waals surface area contributed by atoms with E-state index < -0.39 is 11.2 Å². The average molecular weight is 459 g/mol. The minimum atomic E-state index is -0.522. The predicted molar refractivity (Wildman–Crippen MR) is 118 cm³/mol. The zero-order valence-electron chi connectivity index (χ0n) is 16.8. The Morgan fingerprint density at radius 2 is 2.06 bits per heavy atom. The maximum atomic E-state index is 13.4. The molecule has 0 spiro atoms. The summed E-state index contributed by atoms with van der Waals surface area (Å²) in [6.45, 7) is 2.02. The van der Waals surface area contributed by atoms with Crippen molar-refractivity contribution in [1.82, 2.24) is 9.55 Å². The Balaban J connectivity index is 1.85. The molecule has 0 saturated carbocycles. The van der Waals surface area contributed by atoms with E-state index in [0.29, 0.717) is 27.5 Å². The fourth-order valence-corrected chi connectivity index (χ4v) is 4.81. The molecule has 1 aliphatic heterocycles. The zero-order chi connectivity index (χ0) is 22.1. The number of rotatable bonds is 5. The highest BCUT2D eigenvalue weighted by atomic mass is 35.5. The Hall–Kier alpha value is -2.84. The van der Waals surface area contributed by atoms with Crippen LogP contribution >= 0.6 is 23.4 Å². The summed E-state index contributed by atoms with van der Waals surface area (Å²) in [4.78, 5) is 42.1. The molecule has 4 rings (SSSR count). The van der Waals surface area contributed by atoms with Gasteiger partial charge in [-0.1, -0.05) is 41.6 Å². The zero-order valence-corrected chi connectivity index (χ0v) is 18.4. The third-order valence-corrected chi connectivity index (χ3v) is 6.56. The summed E-state index contributed by atoms with van der Waals surface area (Å²) in [5.41, 5.74) is 1.10. The number of aromatic nitrogens is 2. The van der Waals surface area contributed by atoms with Crippen molar-refractivity contribution in [3.8, 4) is 0 Å². The van der Waals surface area contributed by atoms with Gasteiger partial charge in [0.15, 0.2) is 5.16 Å². The van der Waals surface area contributed by atoms with Gasteiger partial charge in [0.25, 0.3) is 5.56 Å². The van der Waals surface area contributed by atoms with Gasteiger partial charge in [-0.05, 0) is 36.8 Å². The molecule has 0 amide bonds. The highest BCUT2D eigenvalue weighted by Crippen LogP contribution is 2.32. The first-order valence-corrected chi connectivity index (χ1v) is 10.9. The van der Waals surface area contributed by atoms with Gasteiger partial charge in [0.05, 0.1) is 30.1 Å². The van der Waals surface area contributed by atoms with Gasteiger partial charge in [-0.25, -0.2) is 9.78 Å². The second-order valence-corrected chi connectivity index (χ2v) is 8.77. The van der Waals surface area contributed by atoms with Crippen molar-refractivity contribution in [2.45, 2.75) is 36.4 Å². The van der Waals surface area contributed by atoms with E-state index in [4.69, 9.17) is 21.1 Å². The molecular weight excluding hydrogens is 440 g/mol. The summed E-state index contributed by atoms with van der Waals surface area (Å²) in [7, 11) is 1.29. The van der Waals surface area contributed by atoms with E-state index in [1.807, 2.05) is 25.1 Å². The molecule has 0 aliphatic carbocycles. The number of fused-ring (bicyclic) bond motifs is 1. The van der Waals surface area contributed by atoms with Gasteiger partial charge < -0.3 is 9.47 Å². The standard InChI is InChI=1S/C22H19ClN2O5S/c1-12-9-18(21(28)30-12)31-22-24-17-10-13(20(27)29-2)7-8-15(17)19(26)25(22)11-14-5-3-4-6-16(14)23/h3-8,10,12,18H,9,11H2,1-2H3/t12-,18-/m0/s1. The number of hydrogen-bond acceptors (Lipinski definition) is 7. The lowest BCUT2D eigenvalue weighted by atomic mass is 10.1. The summed E-state index contributed by atoms with van der Waals surface area (Å²) in [5, 5.41) is 0.767. The Morgan fingerprint density at radius 3 is 2.74 bits per heavy atom. The van der Waals surface area contributed by atoms with Crippen molar-refractivity contribution in [2.24, 2.45) is 0 Å². The number of carbonyl (C=O) groups is 2. The third-order valence-electron chi connectivity index (χ3n) is 5.00. The number of nitrogens with zero attached hydrogens (tertiary/aromatic N) is 2. The monoisotopic (exact) mass is 458 g/mol. The smallest absolute Gasteiger partial charge is 0.337 e. The van der Waals surface area contributed by atoms with E-state index in [2.05, 4.69) is 4.98 Å². The van der Waals surface area contributed by atoms with E-state index in [9.17, 15) is 14.4 Å². The van der Waals surface area contributed by atoms with Gasteiger partial charge >= 0.3 is 11.9 Å². The molecule has 0 radical (unpaired) electrons. The lowest BCUT2D eigenvalue weighted by Crippen LogP contribution is -2.25. The second-order valence-electron chi connectivity index (χ2n) is 7.19. The van der Waals surface area contributed by atoms with Crippen molar-refractivity contribution in [1.29, 1.82) is 0 Å². The van der Waals surface area contributed by atoms with Crippen LogP contribution in [-0.2, 0) is 20.8 Å².